The predicted molar refractivity (Wildman–Crippen MR) is 395 cm³/mol. The first-order valence-corrected chi connectivity index (χ1v) is 43.6. The number of phosphoric acid groups is 2. The van der Waals surface area contributed by atoms with Crippen LogP contribution in [0.4, 0.5) is 0 Å². The van der Waals surface area contributed by atoms with E-state index < -0.39 is 97.5 Å². The number of aliphatic hydroxyl groups is 1. The monoisotopic (exact) mass is 1420 g/mol. The fourth-order valence-electron chi connectivity index (χ4n) is 12.1. The third-order valence-electron chi connectivity index (χ3n) is 18.3. The van der Waals surface area contributed by atoms with Gasteiger partial charge in [0.25, 0.3) is 0 Å². The number of carbonyl (C=O) groups excluding carboxylic acids is 4. The zero-order valence-corrected chi connectivity index (χ0v) is 65.0. The minimum absolute atomic E-state index is 0.106. The van der Waals surface area contributed by atoms with Crippen LogP contribution in [0.15, 0.2) is 0 Å². The molecule has 576 valence electrons. The fraction of sp³-hybridized carbons (Fsp3) is 0.949. The molecule has 0 saturated carbocycles. The van der Waals surface area contributed by atoms with Gasteiger partial charge >= 0.3 is 39.5 Å². The van der Waals surface area contributed by atoms with Crippen molar-refractivity contribution < 1.29 is 80.2 Å². The smallest absolute Gasteiger partial charge is 0.462 e. The number of rotatable bonds is 78. The molecule has 0 heterocycles. The molecule has 0 amide bonds. The van der Waals surface area contributed by atoms with Crippen LogP contribution >= 0.6 is 15.6 Å². The first kappa shape index (κ1) is 95.1. The molecule has 0 aromatic heterocycles. The molecule has 0 spiro atoms. The summed E-state index contributed by atoms with van der Waals surface area (Å²) >= 11 is 0. The van der Waals surface area contributed by atoms with Crippen molar-refractivity contribution in [3.63, 3.8) is 0 Å². The van der Waals surface area contributed by atoms with Gasteiger partial charge in [0, 0.05) is 25.7 Å². The SMILES string of the molecule is CCCCCCCCCCCCCCCCCCCCC(=O)OC[C@H](COP(=O)(O)OC[C@@H](O)COP(=O)(O)OC[C@@H](COC(=O)CCCCCCCCCCC)OC(=O)CCCCCCCCCCCC(C)C)OC(=O)CCCCCCCCCCCCCCCCCCCC. The van der Waals surface area contributed by atoms with E-state index in [0.29, 0.717) is 25.7 Å². The molecule has 0 aromatic rings. The van der Waals surface area contributed by atoms with Crippen LogP contribution in [-0.2, 0) is 65.4 Å². The van der Waals surface area contributed by atoms with Crippen molar-refractivity contribution in [1.82, 2.24) is 0 Å². The van der Waals surface area contributed by atoms with E-state index in [2.05, 4.69) is 34.6 Å². The summed E-state index contributed by atoms with van der Waals surface area (Å²) in [5.41, 5.74) is 0. The van der Waals surface area contributed by atoms with Crippen LogP contribution in [-0.4, -0.2) is 96.7 Å². The Morgan fingerprint density at radius 3 is 0.701 bits per heavy atom. The highest BCUT2D eigenvalue weighted by Crippen LogP contribution is 2.45. The average Bonchev–Trinajstić information content (AvgIpc) is 1.38. The second-order valence-corrected chi connectivity index (χ2v) is 31.5. The van der Waals surface area contributed by atoms with Gasteiger partial charge in [0.2, 0.25) is 0 Å². The Labute approximate surface area is 594 Å². The zero-order chi connectivity index (χ0) is 71.2. The fourth-order valence-corrected chi connectivity index (χ4v) is 13.6. The molecule has 97 heavy (non-hydrogen) atoms. The van der Waals surface area contributed by atoms with E-state index in [1.165, 1.54) is 238 Å². The van der Waals surface area contributed by atoms with Crippen molar-refractivity contribution in [2.75, 3.05) is 39.6 Å². The molecular formula is C78H152O17P2. The highest BCUT2D eigenvalue weighted by atomic mass is 31.2. The Morgan fingerprint density at radius 1 is 0.278 bits per heavy atom. The van der Waals surface area contributed by atoms with E-state index >= 15 is 0 Å². The lowest BCUT2D eigenvalue weighted by atomic mass is 10.0. The third-order valence-corrected chi connectivity index (χ3v) is 20.2. The van der Waals surface area contributed by atoms with Crippen LogP contribution in [0.3, 0.4) is 0 Å². The average molecular weight is 1420 g/mol. The molecule has 0 aliphatic heterocycles. The molecule has 0 aliphatic carbocycles. The largest absolute Gasteiger partial charge is 0.472 e. The maximum absolute atomic E-state index is 13.1. The summed E-state index contributed by atoms with van der Waals surface area (Å²) < 4.78 is 68.6. The van der Waals surface area contributed by atoms with E-state index in [4.69, 9.17) is 37.0 Å². The van der Waals surface area contributed by atoms with Gasteiger partial charge in [-0.25, -0.2) is 9.13 Å². The predicted octanol–water partition coefficient (Wildman–Crippen LogP) is 23.3. The van der Waals surface area contributed by atoms with Gasteiger partial charge in [-0.3, -0.25) is 37.3 Å². The molecule has 0 rings (SSSR count). The Kier molecular flexibility index (Phi) is 69.6. The van der Waals surface area contributed by atoms with Crippen LogP contribution < -0.4 is 0 Å². The minimum atomic E-state index is -4.96. The van der Waals surface area contributed by atoms with Gasteiger partial charge in [-0.15, -0.1) is 0 Å². The van der Waals surface area contributed by atoms with Crippen molar-refractivity contribution in [1.29, 1.82) is 0 Å². The van der Waals surface area contributed by atoms with Gasteiger partial charge < -0.3 is 33.8 Å². The topological polar surface area (TPSA) is 237 Å². The number of aliphatic hydroxyl groups excluding tert-OH is 1. The molecule has 0 saturated heterocycles. The maximum Gasteiger partial charge on any atom is 0.472 e. The van der Waals surface area contributed by atoms with Crippen LogP contribution in [0.25, 0.3) is 0 Å². The quantitative estimate of drug-likeness (QED) is 0.0222. The highest BCUT2D eigenvalue weighted by molar-refractivity contribution is 7.47. The van der Waals surface area contributed by atoms with E-state index in [9.17, 15) is 43.2 Å². The number of hydrogen-bond donors (Lipinski definition) is 3. The van der Waals surface area contributed by atoms with Gasteiger partial charge in [0.15, 0.2) is 12.2 Å². The molecule has 5 atom stereocenters. The Morgan fingerprint density at radius 2 is 0.474 bits per heavy atom. The minimum Gasteiger partial charge on any atom is -0.462 e. The summed E-state index contributed by atoms with van der Waals surface area (Å²) in [6.07, 6.45) is 61.1. The molecule has 17 nitrogen and oxygen atoms in total. The van der Waals surface area contributed by atoms with Crippen molar-refractivity contribution >= 4 is 39.5 Å². The number of unbranched alkanes of at least 4 members (excludes halogenated alkanes) is 50. The lowest BCUT2D eigenvalue weighted by molar-refractivity contribution is -0.161. The summed E-state index contributed by atoms with van der Waals surface area (Å²) in [7, 11) is -9.91. The first-order chi connectivity index (χ1) is 47.0. The van der Waals surface area contributed by atoms with Crippen molar-refractivity contribution in [3.8, 4) is 0 Å². The summed E-state index contributed by atoms with van der Waals surface area (Å²) in [5, 5.41) is 10.6. The summed E-state index contributed by atoms with van der Waals surface area (Å²) in [6, 6.07) is 0. The molecule has 0 aromatic carbocycles. The van der Waals surface area contributed by atoms with Gasteiger partial charge in [-0.2, -0.15) is 0 Å². The van der Waals surface area contributed by atoms with Crippen LogP contribution in [0.2, 0.25) is 0 Å². The molecule has 3 N–H and O–H groups in total. The molecule has 0 fully saturated rings. The third kappa shape index (κ3) is 72.2. The second-order valence-electron chi connectivity index (χ2n) is 28.6. The standard InChI is InChI=1S/C78H152O17P2/c1-6-9-12-15-18-21-23-25-27-29-31-33-35-37-42-47-52-57-62-76(81)89-68-74(94-77(82)63-58-53-48-43-38-36-34-32-30-28-26-24-22-19-16-13-10-7-2)70-93-97(86,87)91-66-72(79)65-90-96(84,85)92-69-73(67-88-75(80)61-56-51-46-40-20-17-14-11-8-3)95-78(83)64-59-54-49-44-39-41-45-50-55-60-71(4)5/h71-74,79H,6-70H2,1-5H3,(H,84,85)(H,86,87)/t72-,73+,74+/m0/s1. The molecule has 0 aliphatic rings. The van der Waals surface area contributed by atoms with Gasteiger partial charge in [-0.05, 0) is 31.6 Å². The summed E-state index contributed by atoms with van der Waals surface area (Å²) in [4.78, 5) is 72.8. The molecule has 0 bridgehead atoms. The second kappa shape index (κ2) is 71.1. The molecule has 0 radical (unpaired) electrons. The van der Waals surface area contributed by atoms with Crippen LogP contribution in [0.1, 0.15) is 413 Å². The molecular weight excluding hydrogens is 1270 g/mol. The van der Waals surface area contributed by atoms with E-state index in [1.54, 1.807) is 0 Å². The van der Waals surface area contributed by atoms with Crippen molar-refractivity contribution in [2.24, 2.45) is 5.92 Å². The number of carbonyl (C=O) groups is 4. The van der Waals surface area contributed by atoms with E-state index in [1.807, 2.05) is 0 Å². The van der Waals surface area contributed by atoms with Gasteiger partial charge in [0.1, 0.15) is 19.3 Å². The Hall–Kier alpha value is -1.94. The van der Waals surface area contributed by atoms with Gasteiger partial charge in [0.05, 0.1) is 26.4 Å². The lowest BCUT2D eigenvalue weighted by Crippen LogP contribution is -2.30. The lowest BCUT2D eigenvalue weighted by Gasteiger charge is -2.21. The maximum atomic E-state index is 13.1. The molecule has 2 unspecified atom stereocenters. The first-order valence-electron chi connectivity index (χ1n) is 40.6. The number of esters is 4. The van der Waals surface area contributed by atoms with Crippen LogP contribution in [0.5, 0.6) is 0 Å². The van der Waals surface area contributed by atoms with E-state index in [0.717, 1.165) is 95.8 Å². The number of hydrogen-bond acceptors (Lipinski definition) is 15. The van der Waals surface area contributed by atoms with E-state index in [-0.39, 0.29) is 25.7 Å². The Balaban J connectivity index is 5.21. The summed E-state index contributed by atoms with van der Waals surface area (Å²) in [6.45, 7) is 7.27. The molecule has 19 heteroatoms. The number of phosphoric ester groups is 2. The number of ether oxygens (including phenoxy) is 4. The van der Waals surface area contributed by atoms with Crippen LogP contribution in [0, 0.1) is 5.92 Å². The normalized spacial score (nSPS) is 13.9. The van der Waals surface area contributed by atoms with Crippen molar-refractivity contribution in [3.05, 3.63) is 0 Å². The highest BCUT2D eigenvalue weighted by Gasteiger charge is 2.30. The Bertz CT molecular complexity index is 1860. The van der Waals surface area contributed by atoms with Gasteiger partial charge in [-0.1, -0.05) is 362 Å². The zero-order valence-electron chi connectivity index (χ0n) is 63.2. The van der Waals surface area contributed by atoms with Crippen molar-refractivity contribution in [2.45, 2.75) is 432 Å². The summed E-state index contributed by atoms with van der Waals surface area (Å²) in [5.74, 6) is -1.38.